The van der Waals surface area contributed by atoms with Crippen molar-refractivity contribution < 1.29 is 39.9 Å². The summed E-state index contributed by atoms with van der Waals surface area (Å²) in [6, 6.07) is 0. The summed E-state index contributed by atoms with van der Waals surface area (Å²) in [6.45, 7) is 2.40. The number of allylic oxidation sites excluding steroid dienone is 1. The lowest BCUT2D eigenvalue weighted by Gasteiger charge is -2.49. The highest BCUT2D eigenvalue weighted by atomic mass is 16.8. The van der Waals surface area contributed by atoms with Crippen LogP contribution in [0.15, 0.2) is 12.7 Å². The number of nitrogens with two attached hydrogens (primary N) is 1. The van der Waals surface area contributed by atoms with Crippen LogP contribution in [0.25, 0.3) is 0 Å². The van der Waals surface area contributed by atoms with E-state index in [0.717, 1.165) is 38.5 Å². The first kappa shape index (κ1) is 26.1. The fourth-order valence-electron chi connectivity index (χ4n) is 3.83. The quantitative estimate of drug-likeness (QED) is 0.121. The van der Waals surface area contributed by atoms with E-state index in [1.54, 1.807) is 0 Å². The average molecular weight is 420 g/mol. The predicted molar refractivity (Wildman–Crippen MR) is 105 cm³/mol. The molecule has 0 aliphatic carbocycles. The van der Waals surface area contributed by atoms with Crippen LogP contribution in [0.5, 0.6) is 0 Å². The molecule has 0 spiro atoms. The number of carbonyl (C=O) groups is 1. The molecule has 0 aromatic heterocycles. The Hall–Kier alpha value is -0.910. The van der Waals surface area contributed by atoms with Crippen molar-refractivity contribution in [2.24, 2.45) is 11.8 Å². The van der Waals surface area contributed by atoms with Crippen molar-refractivity contribution in [1.29, 1.82) is 0 Å². The SMILES string of the molecule is C=CCCCCCCCCC(=O)[C@@H]1[C@@H](O)[C@H](O)[C@@H](CO)OC1(CC(O)CO)ON. The van der Waals surface area contributed by atoms with Crippen LogP contribution in [0.1, 0.15) is 57.8 Å². The number of Topliss-reactive ketones (excluding diaryl/α,β-unsaturated/α-hetero) is 1. The zero-order chi connectivity index (χ0) is 21.9. The molecule has 0 aromatic carbocycles. The molecule has 9 heteroatoms. The summed E-state index contributed by atoms with van der Waals surface area (Å²) in [5, 5.41) is 49.2. The maximum absolute atomic E-state index is 12.9. The van der Waals surface area contributed by atoms with Gasteiger partial charge in [-0.15, -0.1) is 6.58 Å². The Morgan fingerprint density at radius 2 is 1.76 bits per heavy atom. The summed E-state index contributed by atoms with van der Waals surface area (Å²) in [6.07, 6.45) is 2.58. The fraction of sp³-hybridized carbons (Fsp3) is 0.850. The lowest BCUT2D eigenvalue weighted by molar-refractivity contribution is -0.353. The zero-order valence-electron chi connectivity index (χ0n) is 17.0. The van der Waals surface area contributed by atoms with E-state index in [2.05, 4.69) is 6.58 Å². The van der Waals surface area contributed by atoms with Crippen molar-refractivity contribution >= 4 is 5.78 Å². The Morgan fingerprint density at radius 3 is 2.31 bits per heavy atom. The van der Waals surface area contributed by atoms with Crippen LogP contribution >= 0.6 is 0 Å². The third-order valence-corrected chi connectivity index (χ3v) is 5.44. The molecule has 0 amide bonds. The van der Waals surface area contributed by atoms with Crippen molar-refractivity contribution in [1.82, 2.24) is 0 Å². The van der Waals surface area contributed by atoms with E-state index in [1.165, 1.54) is 0 Å². The molecular formula is C20H37NO8. The first-order valence-corrected chi connectivity index (χ1v) is 10.3. The normalized spacial score (nSPS) is 30.8. The summed E-state index contributed by atoms with van der Waals surface area (Å²) in [4.78, 5) is 17.8. The number of aliphatic hydroxyl groups excluding tert-OH is 5. The van der Waals surface area contributed by atoms with Crippen molar-refractivity contribution in [3.63, 3.8) is 0 Å². The van der Waals surface area contributed by atoms with Gasteiger partial charge in [-0.05, 0) is 19.3 Å². The summed E-state index contributed by atoms with van der Waals surface area (Å²) in [5.74, 6) is 1.63. The number of carbonyl (C=O) groups excluding carboxylic acids is 1. The van der Waals surface area contributed by atoms with Gasteiger partial charge in [0, 0.05) is 12.8 Å². The molecule has 1 saturated heterocycles. The van der Waals surface area contributed by atoms with Crippen LogP contribution in [-0.4, -0.2) is 74.7 Å². The number of ketones is 1. The standard InChI is InChI=1S/C20H37NO8/c1-2-3-4-5-6-7-8-9-10-15(25)17-19(27)18(26)16(13-23)28-20(17,29-21)11-14(24)12-22/h2,14,16-19,22-24,26-27H,1,3-13,21H2/t14?,16-,17-,18-,19-,20?/m1/s1. The minimum atomic E-state index is -1.96. The minimum absolute atomic E-state index is 0.120. The van der Waals surface area contributed by atoms with E-state index in [1.807, 2.05) is 6.08 Å². The molecule has 1 aliphatic rings. The molecule has 6 atom stereocenters. The van der Waals surface area contributed by atoms with Crippen LogP contribution in [-0.2, 0) is 14.4 Å². The van der Waals surface area contributed by atoms with E-state index >= 15 is 0 Å². The zero-order valence-corrected chi connectivity index (χ0v) is 17.0. The van der Waals surface area contributed by atoms with E-state index in [4.69, 9.17) is 20.6 Å². The first-order valence-electron chi connectivity index (χ1n) is 10.3. The third-order valence-electron chi connectivity index (χ3n) is 5.44. The molecule has 0 aromatic rings. The maximum Gasteiger partial charge on any atom is 0.202 e. The number of rotatable bonds is 15. The van der Waals surface area contributed by atoms with Gasteiger partial charge in [0.25, 0.3) is 0 Å². The van der Waals surface area contributed by atoms with Crippen molar-refractivity contribution in [3.8, 4) is 0 Å². The molecule has 1 heterocycles. The van der Waals surface area contributed by atoms with Crippen LogP contribution in [0, 0.1) is 5.92 Å². The van der Waals surface area contributed by atoms with E-state index < -0.39 is 61.5 Å². The molecule has 0 saturated carbocycles. The lowest BCUT2D eigenvalue weighted by atomic mass is 9.77. The van der Waals surface area contributed by atoms with Crippen molar-refractivity contribution in [3.05, 3.63) is 12.7 Å². The van der Waals surface area contributed by atoms with Gasteiger partial charge in [0.05, 0.1) is 25.4 Å². The highest BCUT2D eigenvalue weighted by Gasteiger charge is 2.58. The summed E-state index contributed by atoms with van der Waals surface area (Å²) >= 11 is 0. The second-order valence-corrected chi connectivity index (χ2v) is 7.68. The Balaban J connectivity index is 2.75. The van der Waals surface area contributed by atoms with E-state index in [-0.39, 0.29) is 6.42 Å². The van der Waals surface area contributed by atoms with Crippen LogP contribution < -0.4 is 5.90 Å². The Kier molecular flexibility index (Phi) is 12.1. The van der Waals surface area contributed by atoms with Crippen LogP contribution in [0.4, 0.5) is 0 Å². The van der Waals surface area contributed by atoms with E-state index in [0.29, 0.717) is 6.42 Å². The summed E-state index contributed by atoms with van der Waals surface area (Å²) in [7, 11) is 0. The maximum atomic E-state index is 12.9. The molecular weight excluding hydrogens is 382 g/mol. The number of hydrogen-bond acceptors (Lipinski definition) is 9. The number of aliphatic hydroxyl groups is 5. The third kappa shape index (κ3) is 7.37. The minimum Gasteiger partial charge on any atom is -0.394 e. The predicted octanol–water partition coefficient (Wildman–Crippen LogP) is -0.0787. The molecule has 9 nitrogen and oxygen atoms in total. The highest BCUT2D eigenvalue weighted by molar-refractivity contribution is 5.82. The summed E-state index contributed by atoms with van der Waals surface area (Å²) < 4.78 is 5.54. The summed E-state index contributed by atoms with van der Waals surface area (Å²) in [5.41, 5.74) is 0. The van der Waals surface area contributed by atoms with E-state index in [9.17, 15) is 25.2 Å². The number of unbranched alkanes of at least 4 members (excludes halogenated alkanes) is 6. The highest BCUT2D eigenvalue weighted by Crippen LogP contribution is 2.40. The Labute approximate surface area is 172 Å². The largest absolute Gasteiger partial charge is 0.394 e. The molecule has 2 unspecified atom stereocenters. The van der Waals surface area contributed by atoms with Gasteiger partial charge < -0.3 is 30.3 Å². The number of ether oxygens (including phenoxy) is 1. The fourth-order valence-corrected chi connectivity index (χ4v) is 3.83. The van der Waals surface area contributed by atoms with Gasteiger partial charge in [-0.2, -0.15) is 0 Å². The monoisotopic (exact) mass is 419 g/mol. The number of hydrogen-bond donors (Lipinski definition) is 6. The van der Waals surface area contributed by atoms with Gasteiger partial charge in [-0.25, -0.2) is 5.90 Å². The second-order valence-electron chi connectivity index (χ2n) is 7.68. The molecule has 7 N–H and O–H groups in total. The van der Waals surface area contributed by atoms with Crippen LogP contribution in [0.3, 0.4) is 0 Å². The smallest absolute Gasteiger partial charge is 0.202 e. The molecule has 1 rings (SSSR count). The van der Waals surface area contributed by atoms with Crippen LogP contribution in [0.2, 0.25) is 0 Å². The van der Waals surface area contributed by atoms with Crippen molar-refractivity contribution in [2.45, 2.75) is 88.0 Å². The van der Waals surface area contributed by atoms with Gasteiger partial charge in [0.2, 0.25) is 5.79 Å². The first-order chi connectivity index (χ1) is 13.9. The Morgan fingerprint density at radius 1 is 1.14 bits per heavy atom. The van der Waals surface area contributed by atoms with Gasteiger partial charge in [-0.3, -0.25) is 9.63 Å². The van der Waals surface area contributed by atoms with Gasteiger partial charge in [0.15, 0.2) is 0 Å². The van der Waals surface area contributed by atoms with Gasteiger partial charge in [0.1, 0.15) is 23.9 Å². The molecule has 0 bridgehead atoms. The van der Waals surface area contributed by atoms with Gasteiger partial charge >= 0.3 is 0 Å². The Bertz CT molecular complexity index is 491. The molecule has 1 fully saturated rings. The molecule has 170 valence electrons. The average Bonchev–Trinajstić information content (AvgIpc) is 2.72. The lowest BCUT2D eigenvalue weighted by Crippen LogP contribution is -2.66. The van der Waals surface area contributed by atoms with Gasteiger partial charge in [-0.1, -0.05) is 31.8 Å². The second kappa shape index (κ2) is 13.4. The molecule has 29 heavy (non-hydrogen) atoms. The molecule has 1 aliphatic heterocycles. The molecule has 0 radical (unpaired) electrons. The van der Waals surface area contributed by atoms with Crippen molar-refractivity contribution in [2.75, 3.05) is 13.2 Å². The topological polar surface area (TPSA) is 163 Å².